The minimum atomic E-state index is -4.53. The van der Waals surface area contributed by atoms with E-state index in [2.05, 4.69) is 0 Å². The lowest BCUT2D eigenvalue weighted by Gasteiger charge is -2.15. The van der Waals surface area contributed by atoms with E-state index in [1.165, 1.54) is 0 Å². The standard InChI is InChI=1S/C10H10F4O/c1-6(2)15-9-5-7(11)3-4-8(9)10(12,13)14/h3-6H,1-2H3. The number of benzene rings is 1. The summed E-state index contributed by atoms with van der Waals surface area (Å²) in [6.07, 6.45) is -4.97. The van der Waals surface area contributed by atoms with E-state index in [0.29, 0.717) is 6.07 Å². The molecule has 0 aliphatic heterocycles. The Hall–Kier alpha value is -1.26. The average molecular weight is 222 g/mol. The molecule has 0 N–H and O–H groups in total. The van der Waals surface area contributed by atoms with Gasteiger partial charge in [0.05, 0.1) is 11.7 Å². The van der Waals surface area contributed by atoms with E-state index in [0.717, 1.165) is 12.1 Å². The molecule has 0 amide bonds. The third-order valence-corrected chi connectivity index (χ3v) is 1.61. The lowest BCUT2D eigenvalue weighted by molar-refractivity contribution is -0.139. The fraction of sp³-hybridized carbons (Fsp3) is 0.400. The first kappa shape index (κ1) is 11.8. The monoisotopic (exact) mass is 222 g/mol. The molecule has 1 aromatic rings. The van der Waals surface area contributed by atoms with Crippen molar-refractivity contribution in [2.24, 2.45) is 0 Å². The highest BCUT2D eigenvalue weighted by Gasteiger charge is 2.34. The summed E-state index contributed by atoms with van der Waals surface area (Å²) in [6.45, 7) is 3.15. The van der Waals surface area contributed by atoms with Crippen molar-refractivity contribution in [3.63, 3.8) is 0 Å². The maximum absolute atomic E-state index is 12.7. The van der Waals surface area contributed by atoms with Gasteiger partial charge < -0.3 is 4.74 Å². The van der Waals surface area contributed by atoms with Gasteiger partial charge in [-0.15, -0.1) is 0 Å². The summed E-state index contributed by atoms with van der Waals surface area (Å²) in [4.78, 5) is 0. The summed E-state index contributed by atoms with van der Waals surface area (Å²) in [5.74, 6) is -1.23. The van der Waals surface area contributed by atoms with E-state index < -0.39 is 29.4 Å². The highest BCUT2D eigenvalue weighted by molar-refractivity contribution is 5.36. The third-order valence-electron chi connectivity index (χ3n) is 1.61. The van der Waals surface area contributed by atoms with E-state index in [1.54, 1.807) is 13.8 Å². The molecule has 0 aliphatic carbocycles. The van der Waals surface area contributed by atoms with Gasteiger partial charge in [0.2, 0.25) is 0 Å². The van der Waals surface area contributed by atoms with Crippen LogP contribution in [0.1, 0.15) is 19.4 Å². The van der Waals surface area contributed by atoms with Crippen LogP contribution in [0.3, 0.4) is 0 Å². The van der Waals surface area contributed by atoms with Gasteiger partial charge in [-0.25, -0.2) is 4.39 Å². The molecule has 0 spiro atoms. The molecule has 1 aromatic carbocycles. The van der Waals surface area contributed by atoms with Gasteiger partial charge in [-0.2, -0.15) is 13.2 Å². The van der Waals surface area contributed by atoms with Crippen LogP contribution in [-0.4, -0.2) is 6.10 Å². The minimum Gasteiger partial charge on any atom is -0.490 e. The Kier molecular flexibility index (Phi) is 3.21. The first-order chi connectivity index (χ1) is 6.80. The number of hydrogen-bond acceptors (Lipinski definition) is 1. The molecule has 15 heavy (non-hydrogen) atoms. The zero-order valence-corrected chi connectivity index (χ0v) is 8.23. The SMILES string of the molecule is CC(C)Oc1cc(F)ccc1C(F)(F)F. The van der Waals surface area contributed by atoms with Crippen LogP contribution in [0.25, 0.3) is 0 Å². The minimum absolute atomic E-state index is 0.437. The predicted octanol–water partition coefficient (Wildman–Crippen LogP) is 3.63. The molecule has 0 unspecified atom stereocenters. The van der Waals surface area contributed by atoms with E-state index in [9.17, 15) is 17.6 Å². The van der Waals surface area contributed by atoms with Crippen LogP contribution in [0.2, 0.25) is 0 Å². The number of alkyl halides is 3. The molecule has 0 radical (unpaired) electrons. The Morgan fingerprint density at radius 2 is 1.80 bits per heavy atom. The fourth-order valence-corrected chi connectivity index (χ4v) is 1.08. The van der Waals surface area contributed by atoms with Gasteiger partial charge in [-0.3, -0.25) is 0 Å². The Labute approximate surface area is 84.7 Å². The molecule has 0 saturated heterocycles. The van der Waals surface area contributed by atoms with E-state index in [-0.39, 0.29) is 0 Å². The van der Waals surface area contributed by atoms with Crippen LogP contribution < -0.4 is 4.74 Å². The average Bonchev–Trinajstić information content (AvgIpc) is 1.99. The smallest absolute Gasteiger partial charge is 0.419 e. The second-order valence-corrected chi connectivity index (χ2v) is 3.30. The summed E-state index contributed by atoms with van der Waals surface area (Å²) in [5.41, 5.74) is -0.961. The van der Waals surface area contributed by atoms with Crippen molar-refractivity contribution in [2.45, 2.75) is 26.1 Å². The fourth-order valence-electron chi connectivity index (χ4n) is 1.08. The van der Waals surface area contributed by atoms with Crippen LogP contribution >= 0.6 is 0 Å². The molecule has 84 valence electrons. The van der Waals surface area contributed by atoms with Gasteiger partial charge in [-0.05, 0) is 26.0 Å². The van der Waals surface area contributed by atoms with Crippen LogP contribution in [0.4, 0.5) is 17.6 Å². The number of ether oxygens (including phenoxy) is 1. The molecule has 5 heteroatoms. The van der Waals surface area contributed by atoms with Gasteiger partial charge in [0, 0.05) is 6.07 Å². The van der Waals surface area contributed by atoms with E-state index in [1.807, 2.05) is 0 Å². The van der Waals surface area contributed by atoms with Gasteiger partial charge in [0.15, 0.2) is 0 Å². The Morgan fingerprint density at radius 1 is 1.20 bits per heavy atom. The lowest BCUT2D eigenvalue weighted by Crippen LogP contribution is -2.13. The maximum Gasteiger partial charge on any atom is 0.419 e. The van der Waals surface area contributed by atoms with E-state index >= 15 is 0 Å². The second kappa shape index (κ2) is 4.08. The molecule has 1 nitrogen and oxygen atoms in total. The van der Waals surface area contributed by atoms with Crippen molar-refractivity contribution in [3.8, 4) is 5.75 Å². The Bertz CT molecular complexity index is 344. The van der Waals surface area contributed by atoms with Crippen LogP contribution in [0.15, 0.2) is 18.2 Å². The summed E-state index contributed by atoms with van der Waals surface area (Å²) in [6, 6.07) is 2.17. The molecule has 0 saturated carbocycles. The van der Waals surface area contributed by atoms with Crippen LogP contribution in [-0.2, 0) is 6.18 Å². The lowest BCUT2D eigenvalue weighted by atomic mass is 10.2. The summed E-state index contributed by atoms with van der Waals surface area (Å²) in [7, 11) is 0. The molecular formula is C10H10F4O. The number of rotatable bonds is 2. The highest BCUT2D eigenvalue weighted by atomic mass is 19.4. The van der Waals surface area contributed by atoms with Crippen molar-refractivity contribution in [3.05, 3.63) is 29.6 Å². The molecular weight excluding hydrogens is 212 g/mol. The topological polar surface area (TPSA) is 9.23 Å². The van der Waals surface area contributed by atoms with Gasteiger partial charge in [-0.1, -0.05) is 0 Å². The quantitative estimate of drug-likeness (QED) is 0.694. The van der Waals surface area contributed by atoms with Crippen molar-refractivity contribution < 1.29 is 22.3 Å². The Balaban J connectivity index is 3.15. The summed E-state index contributed by atoms with van der Waals surface area (Å²) < 4.78 is 54.9. The molecule has 0 heterocycles. The van der Waals surface area contributed by atoms with Crippen molar-refractivity contribution >= 4 is 0 Å². The first-order valence-electron chi connectivity index (χ1n) is 4.34. The van der Waals surface area contributed by atoms with E-state index in [4.69, 9.17) is 4.74 Å². The molecule has 0 atom stereocenters. The van der Waals surface area contributed by atoms with Crippen molar-refractivity contribution in [1.29, 1.82) is 0 Å². The third kappa shape index (κ3) is 3.11. The summed E-state index contributed by atoms with van der Waals surface area (Å²) in [5, 5.41) is 0. The van der Waals surface area contributed by atoms with Crippen LogP contribution in [0, 0.1) is 5.82 Å². The second-order valence-electron chi connectivity index (χ2n) is 3.30. The molecule has 1 rings (SSSR count). The van der Waals surface area contributed by atoms with Crippen LogP contribution in [0.5, 0.6) is 5.75 Å². The van der Waals surface area contributed by atoms with Gasteiger partial charge >= 0.3 is 6.18 Å². The highest BCUT2D eigenvalue weighted by Crippen LogP contribution is 2.36. The van der Waals surface area contributed by atoms with Gasteiger partial charge in [0.25, 0.3) is 0 Å². The number of hydrogen-bond donors (Lipinski definition) is 0. The maximum atomic E-state index is 12.7. The molecule has 0 aromatic heterocycles. The predicted molar refractivity (Wildman–Crippen MR) is 47.2 cm³/mol. The normalized spacial score (nSPS) is 11.9. The van der Waals surface area contributed by atoms with Gasteiger partial charge in [0.1, 0.15) is 11.6 Å². The largest absolute Gasteiger partial charge is 0.490 e. The molecule has 0 aliphatic rings. The van der Waals surface area contributed by atoms with Crippen molar-refractivity contribution in [1.82, 2.24) is 0 Å². The molecule has 0 fully saturated rings. The zero-order valence-electron chi connectivity index (χ0n) is 8.23. The Morgan fingerprint density at radius 3 is 2.27 bits per heavy atom. The molecule has 0 bridgehead atoms. The zero-order chi connectivity index (χ0) is 11.6. The number of halogens is 4. The first-order valence-corrected chi connectivity index (χ1v) is 4.34. The van der Waals surface area contributed by atoms with Crippen molar-refractivity contribution in [2.75, 3.05) is 0 Å². The summed E-state index contributed by atoms with van der Waals surface area (Å²) >= 11 is 0.